The summed E-state index contributed by atoms with van der Waals surface area (Å²) in [5.41, 5.74) is 0.0572. The lowest BCUT2D eigenvalue weighted by atomic mass is 10.1. The van der Waals surface area contributed by atoms with Crippen molar-refractivity contribution in [2.24, 2.45) is 0 Å². The highest BCUT2D eigenvalue weighted by molar-refractivity contribution is 7.89. The van der Waals surface area contributed by atoms with E-state index in [1.165, 1.54) is 53.4 Å². The first-order chi connectivity index (χ1) is 10.5. The van der Waals surface area contributed by atoms with E-state index in [9.17, 15) is 18.0 Å². The largest absolute Gasteiger partial charge is 0.495 e. The molecule has 0 aliphatic carbocycles. The second-order valence-electron chi connectivity index (χ2n) is 5.08. The summed E-state index contributed by atoms with van der Waals surface area (Å²) in [6.07, 6.45) is 0. The van der Waals surface area contributed by atoms with Gasteiger partial charge in [-0.3, -0.25) is 4.79 Å². The molecule has 1 aromatic carbocycles. The third-order valence-corrected chi connectivity index (χ3v) is 5.26. The second kappa shape index (κ2) is 6.97. The number of amides is 1. The average Bonchev–Trinajstić information content (AvgIpc) is 2.51. The maximum atomic E-state index is 12.4. The summed E-state index contributed by atoms with van der Waals surface area (Å²) in [5, 5.41) is 8.97. The third kappa shape index (κ3) is 3.80. The Hall–Kier alpha value is -2.13. The maximum Gasteiger partial charge on any atom is 0.326 e. The van der Waals surface area contributed by atoms with Crippen LogP contribution in [0.4, 0.5) is 0 Å². The molecule has 1 N–H and O–H groups in total. The Labute approximate surface area is 135 Å². The molecule has 0 aliphatic heterocycles. The summed E-state index contributed by atoms with van der Waals surface area (Å²) >= 11 is 0. The van der Waals surface area contributed by atoms with Gasteiger partial charge in [0.25, 0.3) is 5.91 Å². The molecule has 1 amide bonds. The van der Waals surface area contributed by atoms with E-state index < -0.39 is 27.9 Å². The van der Waals surface area contributed by atoms with E-state index in [2.05, 4.69) is 0 Å². The summed E-state index contributed by atoms with van der Waals surface area (Å²) in [6.45, 7) is 1.36. The molecule has 0 aliphatic rings. The summed E-state index contributed by atoms with van der Waals surface area (Å²) < 4.78 is 30.7. The number of aliphatic carboxylic acids is 1. The average molecular weight is 344 g/mol. The van der Waals surface area contributed by atoms with Crippen LogP contribution in [-0.2, 0) is 14.8 Å². The number of carboxylic acid groups (broad SMARTS) is 1. The zero-order chi connectivity index (χ0) is 17.9. The highest BCUT2D eigenvalue weighted by atomic mass is 32.2. The number of benzene rings is 1. The number of sulfonamides is 1. The molecule has 1 aromatic rings. The first-order valence-corrected chi connectivity index (χ1v) is 8.08. The van der Waals surface area contributed by atoms with Crippen molar-refractivity contribution in [1.82, 2.24) is 9.21 Å². The minimum Gasteiger partial charge on any atom is -0.495 e. The van der Waals surface area contributed by atoms with Crippen molar-refractivity contribution in [3.8, 4) is 5.75 Å². The first-order valence-electron chi connectivity index (χ1n) is 6.64. The normalized spacial score (nSPS) is 12.8. The van der Waals surface area contributed by atoms with Gasteiger partial charge in [-0.25, -0.2) is 17.5 Å². The van der Waals surface area contributed by atoms with Gasteiger partial charge in [0.05, 0.1) is 7.11 Å². The summed E-state index contributed by atoms with van der Waals surface area (Å²) in [4.78, 5) is 24.2. The van der Waals surface area contributed by atoms with Crippen molar-refractivity contribution in [3.05, 3.63) is 23.8 Å². The van der Waals surface area contributed by atoms with Crippen LogP contribution in [0.25, 0.3) is 0 Å². The van der Waals surface area contributed by atoms with Crippen LogP contribution in [0.1, 0.15) is 17.3 Å². The standard InChI is InChI=1S/C14H20N2O6S/c1-9(14(18)19)16(4)13(17)10-6-7-11(22-5)12(8-10)23(20,21)15(2)3/h6-9H,1-5H3,(H,18,19). The zero-order valence-electron chi connectivity index (χ0n) is 13.6. The Morgan fingerprint density at radius 2 is 1.78 bits per heavy atom. The Kier molecular flexibility index (Phi) is 5.73. The van der Waals surface area contributed by atoms with Crippen LogP contribution in [0.2, 0.25) is 0 Å². The van der Waals surface area contributed by atoms with Crippen molar-refractivity contribution in [1.29, 1.82) is 0 Å². The number of rotatable bonds is 6. The van der Waals surface area contributed by atoms with Gasteiger partial charge >= 0.3 is 5.97 Å². The van der Waals surface area contributed by atoms with Crippen LogP contribution in [0.3, 0.4) is 0 Å². The van der Waals surface area contributed by atoms with Crippen molar-refractivity contribution >= 4 is 21.9 Å². The van der Waals surface area contributed by atoms with E-state index in [-0.39, 0.29) is 16.2 Å². The molecule has 0 saturated carbocycles. The molecule has 128 valence electrons. The Balaban J connectivity index is 3.37. The van der Waals surface area contributed by atoms with Gasteiger partial charge in [0.15, 0.2) is 0 Å². The smallest absolute Gasteiger partial charge is 0.326 e. The topological polar surface area (TPSA) is 104 Å². The van der Waals surface area contributed by atoms with Crippen molar-refractivity contribution in [2.75, 3.05) is 28.3 Å². The molecule has 8 nitrogen and oxygen atoms in total. The number of carbonyl (C=O) groups is 2. The number of methoxy groups -OCH3 is 1. The molecule has 0 fully saturated rings. The van der Waals surface area contributed by atoms with Gasteiger partial charge in [-0.05, 0) is 25.1 Å². The number of carboxylic acids is 1. The molecule has 1 rings (SSSR count). The number of nitrogens with zero attached hydrogens (tertiary/aromatic N) is 2. The van der Waals surface area contributed by atoms with Crippen molar-refractivity contribution in [2.45, 2.75) is 17.9 Å². The summed E-state index contributed by atoms with van der Waals surface area (Å²) in [7, 11) is 1.57. The number of hydrogen-bond donors (Lipinski definition) is 1. The predicted molar refractivity (Wildman–Crippen MR) is 83.1 cm³/mol. The zero-order valence-corrected chi connectivity index (χ0v) is 14.4. The molecule has 0 aromatic heterocycles. The number of carbonyl (C=O) groups excluding carboxylic acids is 1. The van der Waals surface area contributed by atoms with Crippen LogP contribution in [0, 0.1) is 0 Å². The van der Waals surface area contributed by atoms with E-state index in [4.69, 9.17) is 9.84 Å². The predicted octanol–water partition coefficient (Wildman–Crippen LogP) is 0.491. The van der Waals surface area contributed by atoms with Crippen LogP contribution in [0.5, 0.6) is 5.75 Å². The molecule has 1 unspecified atom stereocenters. The number of likely N-dealkylation sites (N-methyl/N-ethyl adjacent to an activating group) is 1. The number of ether oxygens (including phenoxy) is 1. The van der Waals surface area contributed by atoms with E-state index >= 15 is 0 Å². The Morgan fingerprint density at radius 1 is 1.22 bits per heavy atom. The lowest BCUT2D eigenvalue weighted by molar-refractivity contribution is -0.141. The van der Waals surface area contributed by atoms with Crippen LogP contribution in [-0.4, -0.2) is 68.9 Å². The monoisotopic (exact) mass is 344 g/mol. The fourth-order valence-electron chi connectivity index (χ4n) is 1.75. The quantitative estimate of drug-likeness (QED) is 0.805. The molecule has 0 saturated heterocycles. The van der Waals surface area contributed by atoms with Gasteiger partial charge in [-0.15, -0.1) is 0 Å². The molecule has 0 spiro atoms. The van der Waals surface area contributed by atoms with Gasteiger partial charge in [0.1, 0.15) is 16.7 Å². The van der Waals surface area contributed by atoms with Gasteiger partial charge in [-0.1, -0.05) is 0 Å². The van der Waals surface area contributed by atoms with E-state index in [1.54, 1.807) is 0 Å². The van der Waals surface area contributed by atoms with Crippen LogP contribution >= 0.6 is 0 Å². The van der Waals surface area contributed by atoms with Gasteiger partial charge in [0, 0.05) is 26.7 Å². The molecular formula is C14H20N2O6S. The first kappa shape index (κ1) is 18.9. The Morgan fingerprint density at radius 3 is 2.22 bits per heavy atom. The second-order valence-corrected chi connectivity index (χ2v) is 7.20. The van der Waals surface area contributed by atoms with E-state index in [0.717, 1.165) is 9.21 Å². The molecule has 1 atom stereocenters. The lowest BCUT2D eigenvalue weighted by Gasteiger charge is -2.22. The minimum atomic E-state index is -3.82. The summed E-state index contributed by atoms with van der Waals surface area (Å²) in [6, 6.07) is 2.89. The van der Waals surface area contributed by atoms with E-state index in [1.807, 2.05) is 0 Å². The molecule has 0 heterocycles. The summed E-state index contributed by atoms with van der Waals surface area (Å²) in [5.74, 6) is -1.66. The van der Waals surface area contributed by atoms with E-state index in [0.29, 0.717) is 0 Å². The number of hydrogen-bond acceptors (Lipinski definition) is 5. The Bertz CT molecular complexity index is 714. The maximum absolute atomic E-state index is 12.4. The highest BCUT2D eigenvalue weighted by Gasteiger charge is 2.27. The molecule has 0 bridgehead atoms. The fraction of sp³-hybridized carbons (Fsp3) is 0.429. The molecule has 9 heteroatoms. The van der Waals surface area contributed by atoms with Crippen molar-refractivity contribution < 1.29 is 27.9 Å². The fourth-order valence-corrected chi connectivity index (χ4v) is 2.83. The third-order valence-electron chi connectivity index (χ3n) is 3.43. The van der Waals surface area contributed by atoms with Crippen LogP contribution < -0.4 is 4.74 Å². The van der Waals surface area contributed by atoms with Gasteiger partial charge in [-0.2, -0.15) is 0 Å². The molecule has 23 heavy (non-hydrogen) atoms. The molecular weight excluding hydrogens is 324 g/mol. The lowest BCUT2D eigenvalue weighted by Crippen LogP contribution is -2.40. The highest BCUT2D eigenvalue weighted by Crippen LogP contribution is 2.27. The van der Waals surface area contributed by atoms with Crippen molar-refractivity contribution in [3.63, 3.8) is 0 Å². The van der Waals surface area contributed by atoms with Gasteiger partial charge in [0.2, 0.25) is 10.0 Å². The van der Waals surface area contributed by atoms with Gasteiger partial charge < -0.3 is 14.7 Å². The van der Waals surface area contributed by atoms with Crippen LogP contribution in [0.15, 0.2) is 23.1 Å². The SMILES string of the molecule is COc1ccc(C(=O)N(C)C(C)C(=O)O)cc1S(=O)(=O)N(C)C. The minimum absolute atomic E-state index is 0.0572. The molecule has 0 radical (unpaired) electrons.